The van der Waals surface area contributed by atoms with Gasteiger partial charge in [-0.05, 0) is 90.0 Å². The number of azo groups is 1. The Morgan fingerprint density at radius 1 is 0.830 bits per heavy atom. The van der Waals surface area contributed by atoms with Crippen molar-refractivity contribution >= 4 is 39.1 Å². The molecule has 4 aromatic rings. The number of carbonyl (C=O) groups excluding carboxylic acids is 1. The van der Waals surface area contributed by atoms with Crippen LogP contribution in [-0.4, -0.2) is 58.9 Å². The van der Waals surface area contributed by atoms with Gasteiger partial charge >= 0.3 is 12.1 Å². The molecular weight excluding hydrogens is 618 g/mol. The monoisotopic (exact) mass is 655 g/mol. The SMILES string of the molecule is CN(C)c1ccc(N=Nc2ccc(S(=O)(=O)NCCCCC(NC(=O)OCC3c4ccccc4-c4ccccc43)C(=O)O)cc2)cc1. The first-order valence-corrected chi connectivity index (χ1v) is 16.7. The molecule has 1 unspecified atom stereocenters. The molecule has 0 aromatic heterocycles. The van der Waals surface area contributed by atoms with E-state index < -0.39 is 28.1 Å². The second-order valence-electron chi connectivity index (χ2n) is 11.4. The minimum Gasteiger partial charge on any atom is -0.480 e. The second-order valence-corrected chi connectivity index (χ2v) is 13.1. The number of carboxylic acid groups (broad SMARTS) is 1. The average molecular weight is 656 g/mol. The maximum atomic E-state index is 12.8. The lowest BCUT2D eigenvalue weighted by molar-refractivity contribution is -0.139. The topological polar surface area (TPSA) is 150 Å². The predicted octanol–water partition coefficient (Wildman–Crippen LogP) is 6.61. The van der Waals surface area contributed by atoms with Crippen LogP contribution >= 0.6 is 0 Å². The maximum absolute atomic E-state index is 12.8. The standard InChI is InChI=1S/C35H37N5O6S/c1-40(2)26-18-14-24(15-19-26)38-39-25-16-20-27(21-17-25)47(44,45)36-22-8-7-13-33(34(41)42)37-35(43)46-23-32-30-11-5-3-9-28(30)29-10-4-6-12-31(29)32/h3-6,9-12,14-21,32-33,36H,7-8,13,22-23H2,1-2H3,(H,37,43)(H,41,42). The molecule has 4 aromatic carbocycles. The average Bonchev–Trinajstić information content (AvgIpc) is 3.39. The summed E-state index contributed by atoms with van der Waals surface area (Å²) in [4.78, 5) is 26.5. The molecule has 1 atom stereocenters. The van der Waals surface area contributed by atoms with Crippen LogP contribution in [0.1, 0.15) is 36.3 Å². The molecule has 1 aliphatic rings. The Morgan fingerprint density at radius 3 is 1.94 bits per heavy atom. The first kappa shape index (κ1) is 33.3. The van der Waals surface area contributed by atoms with Crippen molar-refractivity contribution < 1.29 is 27.9 Å². The number of amides is 1. The van der Waals surface area contributed by atoms with E-state index in [1.165, 1.54) is 12.1 Å². The first-order chi connectivity index (χ1) is 22.6. The molecule has 1 amide bonds. The van der Waals surface area contributed by atoms with Gasteiger partial charge in [-0.3, -0.25) is 0 Å². The third kappa shape index (κ3) is 8.40. The number of nitrogens with one attached hydrogen (secondary N) is 2. The second kappa shape index (κ2) is 15.0. The van der Waals surface area contributed by atoms with Gasteiger partial charge in [0.15, 0.2) is 0 Å². The van der Waals surface area contributed by atoms with Crippen LogP contribution in [0.15, 0.2) is 112 Å². The fourth-order valence-electron chi connectivity index (χ4n) is 5.43. The maximum Gasteiger partial charge on any atom is 0.407 e. The number of hydrogen-bond donors (Lipinski definition) is 3. The van der Waals surface area contributed by atoms with E-state index in [9.17, 15) is 23.1 Å². The third-order valence-corrected chi connectivity index (χ3v) is 9.42. The van der Waals surface area contributed by atoms with Crippen LogP contribution in [0.4, 0.5) is 21.9 Å². The van der Waals surface area contributed by atoms with Crippen LogP contribution in [0.5, 0.6) is 0 Å². The molecule has 1 aliphatic carbocycles. The van der Waals surface area contributed by atoms with Crippen molar-refractivity contribution in [3.63, 3.8) is 0 Å². The minimum atomic E-state index is -3.78. The quantitative estimate of drug-likeness (QED) is 0.102. The van der Waals surface area contributed by atoms with Gasteiger partial charge in [0.2, 0.25) is 10.0 Å². The number of ether oxygens (including phenoxy) is 1. The van der Waals surface area contributed by atoms with E-state index in [1.807, 2.05) is 91.8 Å². The van der Waals surface area contributed by atoms with E-state index in [2.05, 4.69) is 20.3 Å². The molecular formula is C35H37N5O6S. The molecule has 0 saturated heterocycles. The number of hydrogen-bond acceptors (Lipinski definition) is 8. The summed E-state index contributed by atoms with van der Waals surface area (Å²) in [5.41, 5.74) is 6.52. The van der Waals surface area contributed by atoms with Crippen molar-refractivity contribution in [3.8, 4) is 11.1 Å². The summed E-state index contributed by atoms with van der Waals surface area (Å²) < 4.78 is 33.5. The van der Waals surface area contributed by atoms with E-state index >= 15 is 0 Å². The molecule has 0 saturated carbocycles. The third-order valence-electron chi connectivity index (χ3n) is 7.94. The zero-order valence-corrected chi connectivity index (χ0v) is 27.0. The van der Waals surface area contributed by atoms with Gasteiger partial charge < -0.3 is 20.1 Å². The fraction of sp³-hybridized carbons (Fsp3) is 0.257. The van der Waals surface area contributed by atoms with Gasteiger partial charge in [0.25, 0.3) is 0 Å². The van der Waals surface area contributed by atoms with Crippen LogP contribution in [0.3, 0.4) is 0 Å². The van der Waals surface area contributed by atoms with Gasteiger partial charge in [0.1, 0.15) is 12.6 Å². The summed E-state index contributed by atoms with van der Waals surface area (Å²) in [6, 6.07) is 28.3. The highest BCUT2D eigenvalue weighted by Crippen LogP contribution is 2.44. The summed E-state index contributed by atoms with van der Waals surface area (Å²) in [7, 11) is 0.115. The zero-order chi connectivity index (χ0) is 33.4. The van der Waals surface area contributed by atoms with Crippen LogP contribution in [0.25, 0.3) is 11.1 Å². The normalized spacial score (nSPS) is 13.1. The Bertz CT molecular complexity index is 1800. The number of fused-ring (bicyclic) bond motifs is 3. The van der Waals surface area contributed by atoms with E-state index in [4.69, 9.17) is 4.74 Å². The number of aliphatic carboxylic acids is 1. The lowest BCUT2D eigenvalue weighted by Gasteiger charge is -2.17. The Kier molecular flexibility index (Phi) is 10.6. The molecule has 0 radical (unpaired) electrons. The van der Waals surface area contributed by atoms with Gasteiger partial charge in [-0.2, -0.15) is 10.2 Å². The number of unbranched alkanes of at least 4 members (excludes halogenated alkanes) is 1. The molecule has 11 nitrogen and oxygen atoms in total. The summed E-state index contributed by atoms with van der Waals surface area (Å²) in [6.45, 7) is 0.173. The molecule has 0 heterocycles. The molecule has 5 rings (SSSR count). The Hall–Kier alpha value is -5.07. The molecule has 0 fully saturated rings. The van der Waals surface area contributed by atoms with Crippen molar-refractivity contribution in [3.05, 3.63) is 108 Å². The smallest absolute Gasteiger partial charge is 0.407 e. The highest BCUT2D eigenvalue weighted by atomic mass is 32.2. The van der Waals surface area contributed by atoms with E-state index in [0.717, 1.165) is 27.9 Å². The molecule has 0 aliphatic heterocycles. The van der Waals surface area contributed by atoms with E-state index in [0.29, 0.717) is 24.2 Å². The summed E-state index contributed by atoms with van der Waals surface area (Å²) in [5.74, 6) is -1.34. The number of carboxylic acids is 1. The van der Waals surface area contributed by atoms with Crippen LogP contribution in [0.2, 0.25) is 0 Å². The number of rotatable bonds is 14. The Morgan fingerprint density at radius 2 is 1.38 bits per heavy atom. The zero-order valence-electron chi connectivity index (χ0n) is 26.2. The van der Waals surface area contributed by atoms with Crippen LogP contribution in [-0.2, 0) is 19.6 Å². The van der Waals surface area contributed by atoms with Crippen molar-refractivity contribution in [2.75, 3.05) is 32.1 Å². The Balaban J connectivity index is 1.05. The predicted molar refractivity (Wildman–Crippen MR) is 180 cm³/mol. The van der Waals surface area contributed by atoms with Gasteiger partial charge in [-0.25, -0.2) is 22.7 Å². The van der Waals surface area contributed by atoms with Gasteiger partial charge in [-0.15, -0.1) is 0 Å². The first-order valence-electron chi connectivity index (χ1n) is 15.3. The number of sulfonamides is 1. The minimum absolute atomic E-state index is 0.0721. The summed E-state index contributed by atoms with van der Waals surface area (Å²) >= 11 is 0. The van der Waals surface area contributed by atoms with Gasteiger partial charge in [0.05, 0.1) is 16.3 Å². The fourth-order valence-corrected chi connectivity index (χ4v) is 6.50. The van der Waals surface area contributed by atoms with Crippen molar-refractivity contribution in [1.82, 2.24) is 10.0 Å². The Labute approximate surface area is 274 Å². The summed E-state index contributed by atoms with van der Waals surface area (Å²) in [5, 5.41) is 20.5. The highest BCUT2D eigenvalue weighted by Gasteiger charge is 2.29. The number of nitrogens with zero attached hydrogens (tertiary/aromatic N) is 3. The molecule has 0 spiro atoms. The number of carbonyl (C=O) groups is 2. The number of benzene rings is 4. The molecule has 244 valence electrons. The van der Waals surface area contributed by atoms with Crippen molar-refractivity contribution in [2.24, 2.45) is 10.2 Å². The lowest BCUT2D eigenvalue weighted by Crippen LogP contribution is -2.41. The molecule has 0 bridgehead atoms. The van der Waals surface area contributed by atoms with Crippen LogP contribution < -0.4 is 14.9 Å². The molecule has 3 N–H and O–H groups in total. The molecule has 47 heavy (non-hydrogen) atoms. The van der Waals surface area contributed by atoms with Crippen molar-refractivity contribution in [1.29, 1.82) is 0 Å². The summed E-state index contributed by atoms with van der Waals surface area (Å²) in [6.07, 6.45) is 0.0237. The van der Waals surface area contributed by atoms with E-state index in [-0.39, 0.29) is 30.4 Å². The van der Waals surface area contributed by atoms with Crippen LogP contribution in [0, 0.1) is 0 Å². The van der Waals surface area contributed by atoms with E-state index in [1.54, 1.807) is 12.1 Å². The number of alkyl carbamates (subject to hydrolysis) is 1. The van der Waals surface area contributed by atoms with Gasteiger partial charge in [-0.1, -0.05) is 48.5 Å². The van der Waals surface area contributed by atoms with Crippen molar-refractivity contribution in [2.45, 2.75) is 36.1 Å². The highest BCUT2D eigenvalue weighted by molar-refractivity contribution is 7.89. The molecule has 12 heteroatoms. The lowest BCUT2D eigenvalue weighted by atomic mass is 9.98. The van der Waals surface area contributed by atoms with Gasteiger partial charge in [0, 0.05) is 32.2 Å². The largest absolute Gasteiger partial charge is 0.480 e. The number of anilines is 1.